The second-order valence-corrected chi connectivity index (χ2v) is 6.21. The number of nitrogens with one attached hydrogen (secondary N) is 1. The van der Waals surface area contributed by atoms with Crippen molar-refractivity contribution in [3.05, 3.63) is 16.3 Å². The Hall–Kier alpha value is -1.92. The number of hydrogen-bond donors (Lipinski definition) is 1. The number of hydrogen-bond acceptors (Lipinski definition) is 6. The molecular weight excluding hydrogens is 258 g/mol. The minimum absolute atomic E-state index is 0.0291. The van der Waals surface area contributed by atoms with Crippen molar-refractivity contribution >= 4 is 17.5 Å². The van der Waals surface area contributed by atoms with Gasteiger partial charge >= 0.3 is 5.69 Å². The van der Waals surface area contributed by atoms with Gasteiger partial charge < -0.3 is 10.2 Å². The minimum Gasteiger partial charge on any atom is -0.357 e. The van der Waals surface area contributed by atoms with Crippen LogP contribution in [0.25, 0.3) is 0 Å². The first-order valence-electron chi connectivity index (χ1n) is 6.77. The van der Waals surface area contributed by atoms with Crippen LogP contribution in [0.3, 0.4) is 0 Å². The smallest absolute Gasteiger partial charge is 0.329 e. The van der Waals surface area contributed by atoms with E-state index >= 15 is 0 Å². The summed E-state index contributed by atoms with van der Waals surface area (Å²) in [5.41, 5.74) is 0.168. The van der Waals surface area contributed by atoms with E-state index in [0.717, 1.165) is 19.5 Å². The molecule has 7 nitrogen and oxygen atoms in total. The minimum atomic E-state index is -0.417. The van der Waals surface area contributed by atoms with Crippen LogP contribution in [0.4, 0.5) is 17.5 Å². The van der Waals surface area contributed by atoms with E-state index in [0.29, 0.717) is 17.7 Å². The average molecular weight is 279 g/mol. The first-order chi connectivity index (χ1) is 9.32. The lowest BCUT2D eigenvalue weighted by atomic mass is 9.80. The number of nitrogens with zero attached hydrogens (tertiary/aromatic N) is 4. The van der Waals surface area contributed by atoms with Gasteiger partial charge in [-0.25, -0.2) is 4.98 Å². The summed E-state index contributed by atoms with van der Waals surface area (Å²) in [5.74, 6) is 1.33. The number of rotatable bonds is 3. The lowest BCUT2D eigenvalue weighted by Gasteiger charge is -2.27. The predicted octanol–water partition coefficient (Wildman–Crippen LogP) is 2.30. The molecule has 1 aromatic heterocycles. The summed E-state index contributed by atoms with van der Waals surface area (Å²) in [6, 6.07) is 0. The summed E-state index contributed by atoms with van der Waals surface area (Å²) in [6.07, 6.45) is 2.30. The Balaban J connectivity index is 2.30. The summed E-state index contributed by atoms with van der Waals surface area (Å²) < 4.78 is 0. The van der Waals surface area contributed by atoms with Gasteiger partial charge in [-0.15, -0.1) is 0 Å². The van der Waals surface area contributed by atoms with Gasteiger partial charge in [0.15, 0.2) is 0 Å². The molecule has 20 heavy (non-hydrogen) atoms. The molecule has 1 atom stereocenters. The fraction of sp³-hybridized carbons (Fsp3) is 0.692. The van der Waals surface area contributed by atoms with Crippen LogP contribution in [0.2, 0.25) is 0 Å². The zero-order valence-corrected chi connectivity index (χ0v) is 12.4. The van der Waals surface area contributed by atoms with Crippen LogP contribution in [0.15, 0.2) is 6.20 Å². The van der Waals surface area contributed by atoms with Gasteiger partial charge in [0.1, 0.15) is 6.20 Å². The molecule has 1 aromatic rings. The summed E-state index contributed by atoms with van der Waals surface area (Å²) in [5, 5.41) is 14.0. The normalized spacial score (nSPS) is 19.2. The lowest BCUT2D eigenvalue weighted by molar-refractivity contribution is -0.384. The fourth-order valence-electron chi connectivity index (χ4n) is 2.51. The van der Waals surface area contributed by atoms with Crippen LogP contribution < -0.4 is 10.2 Å². The topological polar surface area (TPSA) is 84.2 Å². The zero-order valence-electron chi connectivity index (χ0n) is 12.4. The maximum Gasteiger partial charge on any atom is 0.329 e. The highest BCUT2D eigenvalue weighted by Crippen LogP contribution is 2.37. The molecule has 0 aliphatic carbocycles. The Labute approximate surface area is 118 Å². The molecule has 0 amide bonds. The maximum atomic E-state index is 11.1. The van der Waals surface area contributed by atoms with Crippen LogP contribution in [0.5, 0.6) is 0 Å². The summed E-state index contributed by atoms with van der Waals surface area (Å²) in [7, 11) is 1.70. The lowest BCUT2D eigenvalue weighted by Crippen LogP contribution is -2.27. The molecule has 1 aliphatic rings. The third kappa shape index (κ3) is 2.81. The first-order valence-corrected chi connectivity index (χ1v) is 6.77. The molecule has 7 heteroatoms. The highest BCUT2D eigenvalue weighted by atomic mass is 16.6. The van der Waals surface area contributed by atoms with Crippen LogP contribution in [-0.4, -0.2) is 35.0 Å². The quantitative estimate of drug-likeness (QED) is 0.675. The van der Waals surface area contributed by atoms with E-state index in [9.17, 15) is 10.1 Å². The van der Waals surface area contributed by atoms with Gasteiger partial charge in [-0.05, 0) is 17.8 Å². The van der Waals surface area contributed by atoms with Gasteiger partial charge in [0, 0.05) is 20.1 Å². The molecule has 0 saturated carbocycles. The molecule has 2 rings (SSSR count). The number of nitro groups is 1. The van der Waals surface area contributed by atoms with Gasteiger partial charge in [-0.3, -0.25) is 10.1 Å². The Morgan fingerprint density at radius 3 is 2.70 bits per heavy atom. The monoisotopic (exact) mass is 279 g/mol. The van der Waals surface area contributed by atoms with Gasteiger partial charge in [0.05, 0.1) is 4.92 Å². The molecule has 0 aromatic carbocycles. The molecule has 1 aliphatic heterocycles. The highest BCUT2D eigenvalue weighted by Gasteiger charge is 2.35. The van der Waals surface area contributed by atoms with Crippen molar-refractivity contribution < 1.29 is 4.92 Å². The summed E-state index contributed by atoms with van der Waals surface area (Å²) >= 11 is 0. The summed E-state index contributed by atoms with van der Waals surface area (Å²) in [6.45, 7) is 8.20. The van der Waals surface area contributed by atoms with Crippen molar-refractivity contribution in [1.82, 2.24) is 9.97 Å². The van der Waals surface area contributed by atoms with Crippen LogP contribution >= 0.6 is 0 Å². The van der Waals surface area contributed by atoms with Gasteiger partial charge in [-0.2, -0.15) is 4.98 Å². The SMILES string of the molecule is CNc1ncc([N+](=O)[O-])c(N2CCC(C(C)(C)C)C2)n1. The van der Waals surface area contributed by atoms with Crippen LogP contribution in [-0.2, 0) is 0 Å². The van der Waals surface area contributed by atoms with E-state index < -0.39 is 4.92 Å². The Kier molecular flexibility index (Phi) is 3.78. The maximum absolute atomic E-state index is 11.1. The highest BCUT2D eigenvalue weighted by molar-refractivity contribution is 5.59. The van der Waals surface area contributed by atoms with Crippen molar-refractivity contribution in [1.29, 1.82) is 0 Å². The molecule has 1 N–H and O–H groups in total. The second-order valence-electron chi connectivity index (χ2n) is 6.21. The Morgan fingerprint density at radius 2 is 2.20 bits per heavy atom. The molecule has 0 radical (unpaired) electrons. The van der Waals surface area contributed by atoms with Crippen molar-refractivity contribution in [2.75, 3.05) is 30.4 Å². The fourth-order valence-corrected chi connectivity index (χ4v) is 2.51. The van der Waals surface area contributed by atoms with Gasteiger partial charge in [0.2, 0.25) is 11.8 Å². The Morgan fingerprint density at radius 1 is 1.50 bits per heavy atom. The summed E-state index contributed by atoms with van der Waals surface area (Å²) in [4.78, 5) is 20.9. The van der Waals surface area contributed by atoms with Crippen molar-refractivity contribution in [3.8, 4) is 0 Å². The largest absolute Gasteiger partial charge is 0.357 e. The standard InChI is InChI=1S/C13H21N5O2/c1-13(2,3)9-5-6-17(8-9)11-10(18(19)20)7-15-12(14-4)16-11/h7,9H,5-6,8H2,1-4H3,(H,14,15,16). The molecule has 1 fully saturated rings. The van der Waals surface area contributed by atoms with Crippen molar-refractivity contribution in [2.24, 2.45) is 11.3 Å². The van der Waals surface area contributed by atoms with Crippen molar-refractivity contribution in [2.45, 2.75) is 27.2 Å². The van der Waals surface area contributed by atoms with E-state index in [1.807, 2.05) is 4.90 Å². The molecule has 2 heterocycles. The van der Waals surface area contributed by atoms with Crippen LogP contribution in [0.1, 0.15) is 27.2 Å². The predicted molar refractivity (Wildman–Crippen MR) is 78.0 cm³/mol. The molecule has 1 saturated heterocycles. The molecule has 0 spiro atoms. The average Bonchev–Trinajstić information content (AvgIpc) is 2.87. The van der Waals surface area contributed by atoms with Crippen molar-refractivity contribution in [3.63, 3.8) is 0 Å². The van der Waals surface area contributed by atoms with E-state index in [2.05, 4.69) is 36.1 Å². The van der Waals surface area contributed by atoms with Gasteiger partial charge in [-0.1, -0.05) is 20.8 Å². The van der Waals surface area contributed by atoms with E-state index in [1.165, 1.54) is 6.20 Å². The van der Waals surface area contributed by atoms with E-state index in [4.69, 9.17) is 0 Å². The Bertz CT molecular complexity index is 512. The van der Waals surface area contributed by atoms with Crippen LogP contribution in [0, 0.1) is 21.4 Å². The molecular formula is C13H21N5O2. The number of aromatic nitrogens is 2. The molecule has 1 unspecified atom stereocenters. The third-order valence-electron chi connectivity index (χ3n) is 3.88. The van der Waals surface area contributed by atoms with Gasteiger partial charge in [0.25, 0.3) is 0 Å². The molecule has 0 bridgehead atoms. The van der Waals surface area contributed by atoms with E-state index in [-0.39, 0.29) is 11.1 Å². The van der Waals surface area contributed by atoms with E-state index in [1.54, 1.807) is 7.05 Å². The third-order valence-corrected chi connectivity index (χ3v) is 3.88. The zero-order chi connectivity index (χ0) is 14.9. The number of anilines is 2. The first kappa shape index (κ1) is 14.5. The molecule has 110 valence electrons. The second kappa shape index (κ2) is 5.22.